The average molecular weight is 378 g/mol. The fourth-order valence-electron chi connectivity index (χ4n) is 2.83. The van der Waals surface area contributed by atoms with Crippen molar-refractivity contribution < 1.29 is 28.3 Å². The highest BCUT2D eigenvalue weighted by Gasteiger charge is 2.53. The molecule has 1 aliphatic heterocycles. The lowest BCUT2D eigenvalue weighted by molar-refractivity contribution is 0.00578. The Morgan fingerprint density at radius 1 is 1.15 bits per heavy atom. The van der Waals surface area contributed by atoms with Gasteiger partial charge in [0, 0.05) is 18.5 Å². The first-order chi connectivity index (χ1) is 12.6. The number of hydrogen-bond donors (Lipinski definition) is 0. The third-order valence-corrected chi connectivity index (χ3v) is 5.02. The van der Waals surface area contributed by atoms with Crippen molar-refractivity contribution in [3.63, 3.8) is 0 Å². The topological polar surface area (TPSA) is 63.2 Å². The molecule has 0 radical (unpaired) electrons. The molecule has 1 atom stereocenters. The molecule has 150 valence electrons. The minimum atomic E-state index is -0.719. The Bertz CT molecular complexity index is 642. The molecule has 0 amide bonds. The summed E-state index contributed by atoms with van der Waals surface area (Å²) in [7, 11) is 0.941. The Labute approximate surface area is 162 Å². The largest absolute Gasteiger partial charge is 0.499 e. The Morgan fingerprint density at radius 3 is 2.33 bits per heavy atom. The van der Waals surface area contributed by atoms with E-state index in [0.29, 0.717) is 30.0 Å². The van der Waals surface area contributed by atoms with Crippen LogP contribution in [0.5, 0.6) is 5.75 Å². The summed E-state index contributed by atoms with van der Waals surface area (Å²) >= 11 is 0. The predicted molar refractivity (Wildman–Crippen MR) is 105 cm³/mol. The molecule has 1 aliphatic rings. The molecule has 6 nitrogen and oxygen atoms in total. The molecule has 0 N–H and O–H groups in total. The van der Waals surface area contributed by atoms with Crippen molar-refractivity contribution in [3.8, 4) is 5.75 Å². The van der Waals surface area contributed by atoms with Crippen LogP contribution in [0.2, 0.25) is 0 Å². The van der Waals surface area contributed by atoms with Gasteiger partial charge in [-0.2, -0.15) is 0 Å². The number of carbonyl (C=O) groups excluding carboxylic acids is 1. The maximum absolute atomic E-state index is 12.5. The highest BCUT2D eigenvalue weighted by Crippen LogP contribution is 2.37. The van der Waals surface area contributed by atoms with Gasteiger partial charge >= 0.3 is 13.1 Å². The van der Waals surface area contributed by atoms with E-state index in [4.69, 9.17) is 23.5 Å². The smallest absolute Gasteiger partial charge is 0.494 e. The van der Waals surface area contributed by atoms with E-state index in [1.54, 1.807) is 26.2 Å². The van der Waals surface area contributed by atoms with E-state index in [2.05, 4.69) is 0 Å². The molecule has 1 saturated heterocycles. The van der Waals surface area contributed by atoms with Gasteiger partial charge in [-0.1, -0.05) is 13.0 Å². The quantitative estimate of drug-likeness (QED) is 0.512. The molecule has 1 aromatic rings. The first-order valence-corrected chi connectivity index (χ1v) is 9.40. The zero-order valence-corrected chi connectivity index (χ0v) is 17.5. The SMILES string of the molecule is CCOC(=O)c1cccc(OCC(C)COC)c1B1OC(C)(C)C(C)(C)O1. The second-order valence-electron chi connectivity index (χ2n) is 7.90. The normalized spacial score (nSPS) is 19.0. The van der Waals surface area contributed by atoms with Gasteiger partial charge in [0.2, 0.25) is 0 Å². The predicted octanol–water partition coefficient (Wildman–Crippen LogP) is 2.82. The van der Waals surface area contributed by atoms with Crippen LogP contribution in [0.15, 0.2) is 18.2 Å². The lowest BCUT2D eigenvalue weighted by Crippen LogP contribution is -2.41. The summed E-state index contributed by atoms with van der Waals surface area (Å²) in [6.45, 7) is 13.0. The van der Waals surface area contributed by atoms with Crippen LogP contribution in [0.25, 0.3) is 0 Å². The molecule has 0 spiro atoms. The van der Waals surface area contributed by atoms with Crippen LogP contribution in [0.1, 0.15) is 51.9 Å². The van der Waals surface area contributed by atoms with Gasteiger partial charge in [0.25, 0.3) is 0 Å². The van der Waals surface area contributed by atoms with Gasteiger partial charge in [-0.3, -0.25) is 0 Å². The summed E-state index contributed by atoms with van der Waals surface area (Å²) in [5.74, 6) is 0.340. The van der Waals surface area contributed by atoms with E-state index in [1.165, 1.54) is 0 Å². The van der Waals surface area contributed by atoms with E-state index in [0.717, 1.165) is 0 Å². The van der Waals surface area contributed by atoms with Crippen LogP contribution in [-0.4, -0.2) is 51.2 Å². The Kier molecular flexibility index (Phi) is 6.95. The van der Waals surface area contributed by atoms with Gasteiger partial charge < -0.3 is 23.5 Å². The first-order valence-electron chi connectivity index (χ1n) is 9.40. The van der Waals surface area contributed by atoms with Gasteiger partial charge in [-0.15, -0.1) is 0 Å². The zero-order valence-electron chi connectivity index (χ0n) is 17.5. The minimum absolute atomic E-state index is 0.201. The molecule has 1 fully saturated rings. The number of hydrogen-bond acceptors (Lipinski definition) is 6. The summed E-state index contributed by atoms with van der Waals surface area (Å²) in [5.41, 5.74) is -0.0911. The number of rotatable bonds is 8. The second-order valence-corrected chi connectivity index (χ2v) is 7.90. The van der Waals surface area contributed by atoms with E-state index in [1.807, 2.05) is 40.7 Å². The number of methoxy groups -OCH3 is 1. The molecule has 2 rings (SSSR count). The van der Waals surface area contributed by atoms with Crippen molar-refractivity contribution in [3.05, 3.63) is 23.8 Å². The zero-order chi connectivity index (χ0) is 20.2. The number of benzene rings is 1. The van der Waals surface area contributed by atoms with Gasteiger partial charge in [0.05, 0.1) is 36.6 Å². The van der Waals surface area contributed by atoms with Crippen molar-refractivity contribution >= 4 is 18.6 Å². The van der Waals surface area contributed by atoms with Crippen molar-refractivity contribution in [2.75, 3.05) is 26.9 Å². The van der Waals surface area contributed by atoms with Crippen LogP contribution >= 0.6 is 0 Å². The van der Waals surface area contributed by atoms with Crippen molar-refractivity contribution in [2.24, 2.45) is 5.92 Å². The molecular weight excluding hydrogens is 347 g/mol. The molecular formula is C20H31BO6. The molecule has 7 heteroatoms. The Morgan fingerprint density at radius 2 is 1.78 bits per heavy atom. The molecule has 0 aliphatic carbocycles. The molecule has 0 bridgehead atoms. The summed E-state index contributed by atoms with van der Waals surface area (Å²) in [6.07, 6.45) is 0. The highest BCUT2D eigenvalue weighted by atomic mass is 16.7. The second kappa shape index (κ2) is 8.63. The maximum Gasteiger partial charge on any atom is 0.499 e. The fourth-order valence-corrected chi connectivity index (χ4v) is 2.83. The standard InChI is InChI=1S/C20H31BO6/c1-8-24-18(22)15-10-9-11-16(25-13-14(2)12-23-7)17(15)21-26-19(3,4)20(5,6)27-21/h9-11,14H,8,12-13H2,1-7H3. The number of esters is 1. The van der Waals surface area contributed by atoms with E-state index in [-0.39, 0.29) is 12.5 Å². The molecule has 1 heterocycles. The highest BCUT2D eigenvalue weighted by molar-refractivity contribution is 6.64. The van der Waals surface area contributed by atoms with Crippen LogP contribution < -0.4 is 10.2 Å². The minimum Gasteiger partial charge on any atom is -0.494 e. The monoisotopic (exact) mass is 378 g/mol. The molecule has 0 aromatic heterocycles. The molecule has 1 aromatic carbocycles. The molecule has 0 saturated carbocycles. The lowest BCUT2D eigenvalue weighted by Gasteiger charge is -2.32. The maximum atomic E-state index is 12.5. The molecule has 27 heavy (non-hydrogen) atoms. The lowest BCUT2D eigenvalue weighted by atomic mass is 9.75. The summed E-state index contributed by atoms with van der Waals surface area (Å²) in [4.78, 5) is 12.5. The first kappa shape index (κ1) is 21.7. The molecule has 1 unspecified atom stereocenters. The third kappa shape index (κ3) is 4.84. The summed E-state index contributed by atoms with van der Waals surface area (Å²) < 4.78 is 28.8. The van der Waals surface area contributed by atoms with Gasteiger partial charge in [-0.25, -0.2) is 4.79 Å². The van der Waals surface area contributed by atoms with Crippen LogP contribution in [0.4, 0.5) is 0 Å². The van der Waals surface area contributed by atoms with Crippen molar-refractivity contribution in [2.45, 2.75) is 52.7 Å². The summed E-state index contributed by atoms with van der Waals surface area (Å²) in [5, 5.41) is 0. The van der Waals surface area contributed by atoms with E-state index < -0.39 is 24.3 Å². The van der Waals surface area contributed by atoms with Crippen molar-refractivity contribution in [1.82, 2.24) is 0 Å². The van der Waals surface area contributed by atoms with Gasteiger partial charge in [0.15, 0.2) is 0 Å². The van der Waals surface area contributed by atoms with Crippen LogP contribution in [0.3, 0.4) is 0 Å². The fraction of sp³-hybridized carbons (Fsp3) is 0.650. The Balaban J connectivity index is 2.40. The number of carbonyl (C=O) groups is 1. The van der Waals surface area contributed by atoms with Crippen molar-refractivity contribution in [1.29, 1.82) is 0 Å². The van der Waals surface area contributed by atoms with Crippen LogP contribution in [-0.2, 0) is 18.8 Å². The van der Waals surface area contributed by atoms with Crippen LogP contribution in [0, 0.1) is 5.92 Å². The van der Waals surface area contributed by atoms with Gasteiger partial charge in [0.1, 0.15) is 5.75 Å². The van der Waals surface area contributed by atoms with E-state index >= 15 is 0 Å². The number of ether oxygens (including phenoxy) is 3. The van der Waals surface area contributed by atoms with Gasteiger partial charge in [-0.05, 0) is 46.8 Å². The Hall–Kier alpha value is -1.57. The third-order valence-electron chi connectivity index (χ3n) is 5.02. The van der Waals surface area contributed by atoms with E-state index in [9.17, 15) is 4.79 Å². The average Bonchev–Trinajstić information content (AvgIpc) is 2.80. The summed E-state index contributed by atoms with van der Waals surface area (Å²) in [6, 6.07) is 5.31.